The van der Waals surface area contributed by atoms with Crippen molar-refractivity contribution in [3.05, 3.63) is 59.6 Å². The van der Waals surface area contributed by atoms with E-state index in [0.717, 1.165) is 6.20 Å². The van der Waals surface area contributed by atoms with Gasteiger partial charge in [0.2, 0.25) is 5.88 Å². The molecule has 2 heterocycles. The van der Waals surface area contributed by atoms with Crippen LogP contribution in [0.5, 0.6) is 5.88 Å². The van der Waals surface area contributed by atoms with Crippen LogP contribution in [-0.2, 0) is 17.4 Å². The zero-order valence-corrected chi connectivity index (χ0v) is 17.4. The minimum atomic E-state index is -4.59. The lowest BCUT2D eigenvalue weighted by Gasteiger charge is -2.16. The maximum absolute atomic E-state index is 13.3. The fourth-order valence-corrected chi connectivity index (χ4v) is 3.11. The number of ketones is 1. The van der Waals surface area contributed by atoms with Gasteiger partial charge in [0.15, 0.2) is 11.5 Å². The van der Waals surface area contributed by atoms with E-state index in [2.05, 4.69) is 10.1 Å². The van der Waals surface area contributed by atoms with E-state index < -0.39 is 23.7 Å². The molecule has 1 aromatic carbocycles. The van der Waals surface area contributed by atoms with Gasteiger partial charge in [-0.1, -0.05) is 0 Å². The number of hydrogen-bond donors (Lipinski definition) is 0. The zero-order chi connectivity index (χ0) is 22.9. The molecule has 0 bridgehead atoms. The Bertz CT molecular complexity index is 1070. The maximum atomic E-state index is 13.3. The van der Waals surface area contributed by atoms with E-state index in [1.165, 1.54) is 53.6 Å². The molecular weight excluding hydrogens is 416 g/mol. The third-order valence-corrected chi connectivity index (χ3v) is 4.67. The monoisotopic (exact) mass is 438 g/mol. The number of aromatic nitrogens is 4. The first kappa shape index (κ1) is 22.5. The van der Waals surface area contributed by atoms with E-state index in [9.17, 15) is 22.4 Å². The van der Waals surface area contributed by atoms with Crippen molar-refractivity contribution in [3.63, 3.8) is 0 Å². The predicted octanol–water partition coefficient (Wildman–Crippen LogP) is 4.70. The molecule has 10 heteroatoms. The van der Waals surface area contributed by atoms with Crippen LogP contribution in [0.3, 0.4) is 0 Å². The Labute approximate surface area is 176 Å². The Morgan fingerprint density at radius 1 is 1.16 bits per heavy atom. The van der Waals surface area contributed by atoms with Gasteiger partial charge in [-0.15, -0.1) is 0 Å². The molecule has 0 aliphatic carbocycles. The Morgan fingerprint density at radius 3 is 2.35 bits per heavy atom. The van der Waals surface area contributed by atoms with E-state index in [1.54, 1.807) is 0 Å². The van der Waals surface area contributed by atoms with Crippen LogP contribution in [-0.4, -0.2) is 31.2 Å². The number of aryl methyl sites for hydroxylation is 1. The second-order valence-corrected chi connectivity index (χ2v) is 7.43. The molecule has 3 rings (SSSR count). The van der Waals surface area contributed by atoms with Crippen LogP contribution in [0, 0.1) is 12.7 Å². The summed E-state index contributed by atoms with van der Waals surface area (Å²) in [6, 6.07) is 4.74. The van der Waals surface area contributed by atoms with Crippen molar-refractivity contribution >= 4 is 5.78 Å². The van der Waals surface area contributed by atoms with Crippen LogP contribution < -0.4 is 4.74 Å². The largest absolute Gasteiger partial charge is 0.475 e. The average Bonchev–Trinajstić information content (AvgIpc) is 3.25. The van der Waals surface area contributed by atoms with Crippen LogP contribution in [0.4, 0.5) is 17.6 Å². The van der Waals surface area contributed by atoms with Gasteiger partial charge in [-0.05, 0) is 52.0 Å². The molecule has 1 atom stereocenters. The van der Waals surface area contributed by atoms with E-state index >= 15 is 0 Å². The third kappa shape index (κ3) is 4.95. The van der Waals surface area contributed by atoms with Crippen molar-refractivity contribution in [3.8, 4) is 11.6 Å². The summed E-state index contributed by atoms with van der Waals surface area (Å²) >= 11 is 0. The molecule has 0 fully saturated rings. The first-order valence-corrected chi connectivity index (χ1v) is 9.62. The van der Waals surface area contributed by atoms with Crippen molar-refractivity contribution in [2.45, 2.75) is 52.4 Å². The second-order valence-electron chi connectivity index (χ2n) is 7.43. The Morgan fingerprint density at radius 2 is 1.81 bits per heavy atom. The summed E-state index contributed by atoms with van der Waals surface area (Å²) in [6.07, 6.45) is -2.62. The number of nitrogens with zero attached hydrogens (tertiary/aromatic N) is 4. The molecule has 166 valence electrons. The van der Waals surface area contributed by atoms with Gasteiger partial charge < -0.3 is 9.30 Å². The fraction of sp³-hybridized carbons (Fsp3) is 0.381. The predicted molar refractivity (Wildman–Crippen MR) is 105 cm³/mol. The number of halogens is 4. The molecule has 3 aromatic rings. The molecule has 0 saturated carbocycles. The van der Waals surface area contributed by atoms with Gasteiger partial charge in [0, 0.05) is 18.2 Å². The Kier molecular flexibility index (Phi) is 6.19. The minimum absolute atomic E-state index is 0.0915. The number of benzene rings is 1. The number of carbonyl (C=O) groups excluding carboxylic acids is 1. The Hall–Kier alpha value is -3.17. The number of ether oxygens (including phenoxy) is 1. The summed E-state index contributed by atoms with van der Waals surface area (Å²) in [4.78, 5) is 16.4. The highest BCUT2D eigenvalue weighted by molar-refractivity contribution is 5.85. The fourth-order valence-electron chi connectivity index (χ4n) is 3.11. The van der Waals surface area contributed by atoms with Crippen molar-refractivity contribution in [2.75, 3.05) is 0 Å². The summed E-state index contributed by atoms with van der Waals surface area (Å²) in [6.45, 7) is 6.55. The molecule has 0 radical (unpaired) electrons. The van der Waals surface area contributed by atoms with Crippen LogP contribution in [0.2, 0.25) is 0 Å². The highest BCUT2D eigenvalue weighted by Crippen LogP contribution is 2.30. The summed E-state index contributed by atoms with van der Waals surface area (Å²) in [5, 5.41) is 4.26. The quantitative estimate of drug-likeness (QED) is 0.502. The summed E-state index contributed by atoms with van der Waals surface area (Å²) in [5.74, 6) is -0.323. The summed E-state index contributed by atoms with van der Waals surface area (Å²) < 4.78 is 60.6. The van der Waals surface area contributed by atoms with Crippen LogP contribution in [0.25, 0.3) is 5.69 Å². The van der Waals surface area contributed by atoms with E-state index in [0.29, 0.717) is 17.1 Å². The highest BCUT2D eigenvalue weighted by atomic mass is 19.4. The van der Waals surface area contributed by atoms with Gasteiger partial charge in [0.25, 0.3) is 0 Å². The van der Waals surface area contributed by atoms with Crippen molar-refractivity contribution in [2.24, 2.45) is 0 Å². The second kappa shape index (κ2) is 8.52. The van der Waals surface area contributed by atoms with Crippen molar-refractivity contribution in [1.82, 2.24) is 19.3 Å². The van der Waals surface area contributed by atoms with Crippen LogP contribution >= 0.6 is 0 Å². The molecule has 0 aliphatic heterocycles. The lowest BCUT2D eigenvalue weighted by molar-refractivity contribution is -0.141. The standard InChI is InChI=1S/C21H22F4N4O2/c1-12(2)31-20-15(10-26-29(20)17-7-5-16(22)6-8-17)9-18(30)13(3)28-11-19(21(23,24)25)27-14(28)4/h5-8,10-13H,9H2,1-4H3. The molecule has 6 nitrogen and oxygen atoms in total. The maximum Gasteiger partial charge on any atom is 0.434 e. The molecule has 0 spiro atoms. The van der Waals surface area contributed by atoms with Gasteiger partial charge in [-0.25, -0.2) is 14.1 Å². The minimum Gasteiger partial charge on any atom is -0.475 e. The van der Waals surface area contributed by atoms with Crippen LogP contribution in [0.1, 0.15) is 43.9 Å². The number of rotatable bonds is 7. The van der Waals surface area contributed by atoms with Crippen LogP contribution in [0.15, 0.2) is 36.7 Å². The molecule has 0 amide bonds. The summed E-state index contributed by atoms with van der Waals surface area (Å²) in [5.41, 5.74) is -0.0228. The lowest BCUT2D eigenvalue weighted by Crippen LogP contribution is -2.20. The lowest BCUT2D eigenvalue weighted by atomic mass is 10.1. The number of hydrogen-bond acceptors (Lipinski definition) is 4. The van der Waals surface area contributed by atoms with Gasteiger partial charge in [-0.3, -0.25) is 4.79 Å². The molecule has 31 heavy (non-hydrogen) atoms. The first-order valence-electron chi connectivity index (χ1n) is 9.62. The van der Waals surface area contributed by atoms with Gasteiger partial charge in [-0.2, -0.15) is 18.3 Å². The van der Waals surface area contributed by atoms with Gasteiger partial charge >= 0.3 is 6.18 Å². The number of alkyl halides is 3. The number of Topliss-reactive ketones (excluding diaryl/α,β-unsaturated/α-hetero) is 1. The SMILES string of the molecule is Cc1nc(C(F)(F)F)cn1C(C)C(=O)Cc1cnn(-c2ccc(F)cc2)c1OC(C)C. The zero-order valence-electron chi connectivity index (χ0n) is 17.4. The molecule has 1 unspecified atom stereocenters. The van der Waals surface area contributed by atoms with Crippen molar-refractivity contribution < 1.29 is 27.1 Å². The average molecular weight is 438 g/mol. The first-order chi connectivity index (χ1) is 14.5. The number of imidazole rings is 1. The van der Waals surface area contributed by atoms with Gasteiger partial charge in [0.1, 0.15) is 11.6 Å². The summed E-state index contributed by atoms with van der Waals surface area (Å²) in [7, 11) is 0. The number of carbonyl (C=O) groups is 1. The Balaban J connectivity index is 1.89. The molecular formula is C21H22F4N4O2. The third-order valence-electron chi connectivity index (χ3n) is 4.67. The molecule has 2 aromatic heterocycles. The highest BCUT2D eigenvalue weighted by Gasteiger charge is 2.35. The van der Waals surface area contributed by atoms with Crippen molar-refractivity contribution in [1.29, 1.82) is 0 Å². The topological polar surface area (TPSA) is 61.9 Å². The smallest absolute Gasteiger partial charge is 0.434 e. The molecule has 0 N–H and O–H groups in total. The van der Waals surface area contributed by atoms with E-state index in [-0.39, 0.29) is 24.1 Å². The van der Waals surface area contributed by atoms with E-state index in [1.807, 2.05) is 13.8 Å². The molecule has 0 saturated heterocycles. The normalized spacial score (nSPS) is 12.9. The van der Waals surface area contributed by atoms with Gasteiger partial charge in [0.05, 0.1) is 24.0 Å². The molecule has 0 aliphatic rings. The van der Waals surface area contributed by atoms with E-state index in [4.69, 9.17) is 4.74 Å².